The molecule has 0 bridgehead atoms. The number of hydrogen-bond acceptors (Lipinski definition) is 4. The summed E-state index contributed by atoms with van der Waals surface area (Å²) in [4.78, 5) is 19.4. The Hall–Kier alpha value is -1.72. The van der Waals surface area contributed by atoms with Crippen LogP contribution in [0.5, 0.6) is 0 Å². The summed E-state index contributed by atoms with van der Waals surface area (Å²) in [5.74, 6) is 0.497. The molecule has 0 radical (unpaired) electrons. The number of benzene rings is 1. The number of fused-ring (bicyclic) bond motifs is 1. The molecule has 2 unspecified atom stereocenters. The van der Waals surface area contributed by atoms with Gasteiger partial charge in [-0.05, 0) is 43.6 Å². The van der Waals surface area contributed by atoms with Crippen LogP contribution in [0.15, 0.2) is 35.7 Å². The third-order valence-corrected chi connectivity index (χ3v) is 6.89. The topological polar surface area (TPSA) is 53.4 Å². The number of likely N-dealkylation sites (tertiary alicyclic amines) is 1. The van der Waals surface area contributed by atoms with Crippen LogP contribution >= 0.6 is 11.3 Å². The molecule has 2 aromatic rings. The number of rotatable bonds is 4. The summed E-state index contributed by atoms with van der Waals surface area (Å²) in [7, 11) is 0. The Bertz CT molecular complexity index is 775. The minimum Gasteiger partial charge on any atom is -0.385 e. The van der Waals surface area contributed by atoms with Crippen molar-refractivity contribution in [2.24, 2.45) is 11.8 Å². The van der Waals surface area contributed by atoms with Crippen molar-refractivity contribution >= 4 is 17.2 Å². The molecule has 1 aromatic heterocycles. The van der Waals surface area contributed by atoms with E-state index in [9.17, 15) is 9.90 Å². The van der Waals surface area contributed by atoms with Crippen molar-refractivity contribution in [1.82, 2.24) is 9.88 Å². The van der Waals surface area contributed by atoms with Crippen molar-refractivity contribution in [3.05, 3.63) is 52.0 Å². The molecule has 1 saturated heterocycles. The molecule has 3 atom stereocenters. The summed E-state index contributed by atoms with van der Waals surface area (Å²) in [5, 5.41) is 14.4. The molecular weight excluding hydrogens is 344 g/mol. The van der Waals surface area contributed by atoms with Crippen LogP contribution in [0.25, 0.3) is 0 Å². The first kappa shape index (κ1) is 17.7. The van der Waals surface area contributed by atoms with E-state index in [4.69, 9.17) is 0 Å². The monoisotopic (exact) mass is 370 g/mol. The maximum Gasteiger partial charge on any atom is 0.273 e. The Labute approximate surface area is 158 Å². The second kappa shape index (κ2) is 7.12. The van der Waals surface area contributed by atoms with E-state index in [1.165, 1.54) is 0 Å². The number of aryl methyl sites for hydroxylation is 1. The SMILES string of the molecule is CCCc1nc(C(=O)N2CC3CCC[C@](O)(c4ccccc4)C3C2)cs1. The Morgan fingerprint density at radius 1 is 1.35 bits per heavy atom. The normalized spacial score (nSPS) is 28.2. The summed E-state index contributed by atoms with van der Waals surface area (Å²) >= 11 is 1.58. The lowest BCUT2D eigenvalue weighted by atomic mass is 9.67. The number of amides is 1. The van der Waals surface area contributed by atoms with Crippen LogP contribution in [-0.2, 0) is 12.0 Å². The van der Waals surface area contributed by atoms with Gasteiger partial charge in [0, 0.05) is 24.4 Å². The highest BCUT2D eigenvalue weighted by Gasteiger charge is 2.50. The van der Waals surface area contributed by atoms with Gasteiger partial charge in [-0.2, -0.15) is 0 Å². The molecule has 5 heteroatoms. The molecule has 2 heterocycles. The van der Waals surface area contributed by atoms with Crippen molar-refractivity contribution in [1.29, 1.82) is 0 Å². The fourth-order valence-corrected chi connectivity index (χ4v) is 5.55. The van der Waals surface area contributed by atoms with Crippen LogP contribution in [0.2, 0.25) is 0 Å². The molecule has 1 aromatic carbocycles. The van der Waals surface area contributed by atoms with Crippen LogP contribution in [0, 0.1) is 11.8 Å². The Morgan fingerprint density at radius 3 is 2.92 bits per heavy atom. The van der Waals surface area contributed by atoms with Gasteiger partial charge in [0.05, 0.1) is 10.6 Å². The maximum absolute atomic E-state index is 12.9. The van der Waals surface area contributed by atoms with Gasteiger partial charge in [-0.15, -0.1) is 11.3 Å². The quantitative estimate of drug-likeness (QED) is 0.889. The average Bonchev–Trinajstić information content (AvgIpc) is 3.30. The standard InChI is InChI=1S/C21H26N2O2S/c1-2-7-19-22-18(14-26-19)20(24)23-12-15-8-6-11-21(25,17(15)13-23)16-9-4-3-5-10-16/h3-5,9-10,14-15,17,25H,2,6-8,11-13H2,1H3/t15?,17?,21-/m0/s1. The fourth-order valence-electron chi connectivity index (χ4n) is 4.67. The van der Waals surface area contributed by atoms with Gasteiger partial charge >= 0.3 is 0 Å². The molecule has 2 fully saturated rings. The van der Waals surface area contributed by atoms with E-state index >= 15 is 0 Å². The minimum absolute atomic E-state index is 0.0217. The lowest BCUT2D eigenvalue weighted by Gasteiger charge is -2.41. The summed E-state index contributed by atoms with van der Waals surface area (Å²) in [6.07, 6.45) is 4.83. The zero-order valence-corrected chi connectivity index (χ0v) is 16.0. The fraction of sp³-hybridized carbons (Fsp3) is 0.524. The number of carbonyl (C=O) groups is 1. The Kier molecular flexibility index (Phi) is 4.84. The molecule has 1 aliphatic heterocycles. The molecular formula is C21H26N2O2S. The van der Waals surface area contributed by atoms with Gasteiger partial charge in [-0.3, -0.25) is 4.79 Å². The van der Waals surface area contributed by atoms with Crippen molar-refractivity contribution in [2.75, 3.05) is 13.1 Å². The van der Waals surface area contributed by atoms with Gasteiger partial charge < -0.3 is 10.0 Å². The van der Waals surface area contributed by atoms with Crippen LogP contribution in [-0.4, -0.2) is 34.0 Å². The highest BCUT2D eigenvalue weighted by molar-refractivity contribution is 7.09. The Balaban J connectivity index is 1.54. The van der Waals surface area contributed by atoms with Crippen LogP contribution in [0.1, 0.15) is 53.7 Å². The summed E-state index contributed by atoms with van der Waals surface area (Å²) in [6, 6.07) is 9.99. The zero-order chi connectivity index (χ0) is 18.1. The zero-order valence-electron chi connectivity index (χ0n) is 15.2. The van der Waals surface area contributed by atoms with E-state index in [2.05, 4.69) is 11.9 Å². The molecule has 2 aliphatic rings. The van der Waals surface area contributed by atoms with Gasteiger partial charge in [-0.1, -0.05) is 37.3 Å². The van der Waals surface area contributed by atoms with E-state index in [1.807, 2.05) is 40.6 Å². The Morgan fingerprint density at radius 2 is 2.15 bits per heavy atom. The van der Waals surface area contributed by atoms with E-state index in [1.54, 1.807) is 11.3 Å². The smallest absolute Gasteiger partial charge is 0.273 e. The molecule has 138 valence electrons. The first-order chi connectivity index (χ1) is 12.6. The third-order valence-electron chi connectivity index (χ3n) is 5.98. The predicted molar refractivity (Wildman–Crippen MR) is 103 cm³/mol. The molecule has 4 nitrogen and oxygen atoms in total. The van der Waals surface area contributed by atoms with E-state index in [0.717, 1.165) is 49.2 Å². The predicted octanol–water partition coefficient (Wildman–Crippen LogP) is 3.86. The largest absolute Gasteiger partial charge is 0.385 e. The molecule has 26 heavy (non-hydrogen) atoms. The van der Waals surface area contributed by atoms with Crippen molar-refractivity contribution < 1.29 is 9.90 Å². The number of carbonyl (C=O) groups excluding carboxylic acids is 1. The number of thiazole rings is 1. The second-order valence-electron chi connectivity index (χ2n) is 7.64. The lowest BCUT2D eigenvalue weighted by Crippen LogP contribution is -2.42. The van der Waals surface area contributed by atoms with Gasteiger partial charge in [-0.25, -0.2) is 4.98 Å². The van der Waals surface area contributed by atoms with Crippen LogP contribution < -0.4 is 0 Å². The lowest BCUT2D eigenvalue weighted by molar-refractivity contribution is -0.0644. The van der Waals surface area contributed by atoms with Crippen molar-refractivity contribution in [3.8, 4) is 0 Å². The van der Waals surface area contributed by atoms with Crippen molar-refractivity contribution in [2.45, 2.75) is 44.6 Å². The number of aliphatic hydroxyl groups is 1. The van der Waals surface area contributed by atoms with Crippen LogP contribution in [0.4, 0.5) is 0 Å². The summed E-state index contributed by atoms with van der Waals surface area (Å²) in [5.41, 5.74) is 0.734. The maximum atomic E-state index is 12.9. The molecule has 1 aliphatic carbocycles. The van der Waals surface area contributed by atoms with Gasteiger partial charge in [0.1, 0.15) is 5.69 Å². The second-order valence-corrected chi connectivity index (χ2v) is 8.58. The first-order valence-corrected chi connectivity index (χ1v) is 10.5. The minimum atomic E-state index is -0.825. The number of aromatic nitrogens is 1. The third kappa shape index (κ3) is 3.08. The van der Waals surface area contributed by atoms with Gasteiger partial charge in [0.25, 0.3) is 5.91 Å². The molecule has 1 N–H and O–H groups in total. The van der Waals surface area contributed by atoms with E-state index < -0.39 is 5.60 Å². The number of hydrogen-bond donors (Lipinski definition) is 1. The molecule has 0 spiro atoms. The first-order valence-electron chi connectivity index (χ1n) is 9.63. The molecule has 1 saturated carbocycles. The number of nitrogens with zero attached hydrogens (tertiary/aromatic N) is 2. The van der Waals surface area contributed by atoms with Crippen molar-refractivity contribution in [3.63, 3.8) is 0 Å². The summed E-state index contributed by atoms with van der Waals surface area (Å²) in [6.45, 7) is 3.48. The van der Waals surface area contributed by atoms with Gasteiger partial charge in [0.15, 0.2) is 0 Å². The van der Waals surface area contributed by atoms with Crippen LogP contribution in [0.3, 0.4) is 0 Å². The van der Waals surface area contributed by atoms with E-state index in [0.29, 0.717) is 18.2 Å². The van der Waals surface area contributed by atoms with E-state index in [-0.39, 0.29) is 11.8 Å². The van der Waals surface area contributed by atoms with Gasteiger partial charge in [0.2, 0.25) is 0 Å². The highest BCUT2D eigenvalue weighted by atomic mass is 32.1. The highest BCUT2D eigenvalue weighted by Crippen LogP contribution is 2.48. The molecule has 1 amide bonds. The average molecular weight is 371 g/mol. The molecule has 4 rings (SSSR count). The summed E-state index contributed by atoms with van der Waals surface area (Å²) < 4.78 is 0.